The Hall–Kier alpha value is -1.91. The van der Waals surface area contributed by atoms with Gasteiger partial charge in [-0.05, 0) is 44.4 Å². The van der Waals surface area contributed by atoms with Crippen molar-refractivity contribution in [2.24, 2.45) is 0 Å². The molecular weight excluding hydrogens is 271 g/mol. The van der Waals surface area contributed by atoms with Crippen LogP contribution < -0.4 is 10.6 Å². The lowest BCUT2D eigenvalue weighted by Crippen LogP contribution is -2.45. The van der Waals surface area contributed by atoms with Crippen LogP contribution in [0.2, 0.25) is 0 Å². The van der Waals surface area contributed by atoms with E-state index in [1.807, 2.05) is 32.9 Å². The number of aryl methyl sites for hydroxylation is 3. The summed E-state index contributed by atoms with van der Waals surface area (Å²) in [5.41, 5.74) is 4.27. The third kappa shape index (κ3) is 5.17. The molecule has 0 spiro atoms. The van der Waals surface area contributed by atoms with Gasteiger partial charge in [-0.1, -0.05) is 17.7 Å². The average Bonchev–Trinajstić information content (AvgIpc) is 2.39. The maximum absolute atomic E-state index is 12.0. The van der Waals surface area contributed by atoms with Crippen molar-refractivity contribution in [3.63, 3.8) is 0 Å². The van der Waals surface area contributed by atoms with Crippen LogP contribution in [0.25, 0.3) is 0 Å². The highest BCUT2D eigenvalue weighted by molar-refractivity contribution is 5.88. The zero-order chi connectivity index (χ0) is 16.0. The largest absolute Gasteiger partial charge is 0.352 e. The summed E-state index contributed by atoms with van der Waals surface area (Å²) in [5, 5.41) is 5.04. The van der Waals surface area contributed by atoms with E-state index in [-0.39, 0.29) is 24.8 Å². The molecule has 1 atom stereocenters. The lowest BCUT2D eigenvalue weighted by atomic mass is 9.97. The Morgan fingerprint density at radius 3 is 2.29 bits per heavy atom. The molecule has 0 aliphatic heterocycles. The van der Waals surface area contributed by atoms with Gasteiger partial charge in [0.2, 0.25) is 11.8 Å². The molecule has 1 rings (SSSR count). The van der Waals surface area contributed by atoms with Crippen molar-refractivity contribution < 1.29 is 14.0 Å². The van der Waals surface area contributed by atoms with Gasteiger partial charge in [-0.25, -0.2) is 4.39 Å². The molecule has 0 radical (unpaired) electrons. The summed E-state index contributed by atoms with van der Waals surface area (Å²) >= 11 is 0. The SMILES string of the molecule is Cc1cc(C)c(CC(=O)N[C@@H](C)C(=O)NCCF)c(C)c1. The summed E-state index contributed by atoms with van der Waals surface area (Å²) in [7, 11) is 0. The minimum Gasteiger partial charge on any atom is -0.352 e. The first-order valence-corrected chi connectivity index (χ1v) is 7.05. The van der Waals surface area contributed by atoms with Crippen LogP contribution in [-0.4, -0.2) is 31.1 Å². The second-order valence-corrected chi connectivity index (χ2v) is 5.32. The van der Waals surface area contributed by atoms with Gasteiger partial charge in [0.1, 0.15) is 12.7 Å². The van der Waals surface area contributed by atoms with Gasteiger partial charge < -0.3 is 10.6 Å². The Balaban J connectivity index is 2.64. The quantitative estimate of drug-likeness (QED) is 0.839. The van der Waals surface area contributed by atoms with Gasteiger partial charge >= 0.3 is 0 Å². The normalized spacial score (nSPS) is 11.9. The molecule has 4 nitrogen and oxygen atoms in total. The molecule has 1 aromatic rings. The van der Waals surface area contributed by atoms with E-state index in [0.717, 1.165) is 22.3 Å². The zero-order valence-corrected chi connectivity index (χ0v) is 13.0. The van der Waals surface area contributed by atoms with Crippen molar-refractivity contribution in [2.45, 2.75) is 40.2 Å². The van der Waals surface area contributed by atoms with Crippen molar-refractivity contribution in [3.8, 4) is 0 Å². The molecule has 0 aromatic heterocycles. The number of halogens is 1. The Bertz CT molecular complexity index is 506. The lowest BCUT2D eigenvalue weighted by molar-refractivity contribution is -0.128. The highest BCUT2D eigenvalue weighted by atomic mass is 19.1. The zero-order valence-electron chi connectivity index (χ0n) is 13.0. The van der Waals surface area contributed by atoms with Gasteiger partial charge in [0, 0.05) is 6.54 Å². The van der Waals surface area contributed by atoms with Crippen molar-refractivity contribution in [1.82, 2.24) is 10.6 Å². The van der Waals surface area contributed by atoms with Crippen LogP contribution in [0.3, 0.4) is 0 Å². The van der Waals surface area contributed by atoms with Crippen LogP contribution >= 0.6 is 0 Å². The highest BCUT2D eigenvalue weighted by Gasteiger charge is 2.16. The standard InChI is InChI=1S/C16H23FN2O2/c1-10-7-11(2)14(12(3)8-10)9-15(20)19-13(4)16(21)18-6-5-17/h7-8,13H,5-6,9H2,1-4H3,(H,18,21)(H,19,20)/t13-/m0/s1. The van der Waals surface area contributed by atoms with Crippen molar-refractivity contribution >= 4 is 11.8 Å². The second kappa shape index (κ2) is 7.76. The van der Waals surface area contributed by atoms with Crippen LogP contribution in [0.5, 0.6) is 0 Å². The number of carbonyl (C=O) groups is 2. The van der Waals surface area contributed by atoms with E-state index in [4.69, 9.17) is 0 Å². The molecule has 0 fully saturated rings. The summed E-state index contributed by atoms with van der Waals surface area (Å²) in [6, 6.07) is 3.40. The van der Waals surface area contributed by atoms with Crippen LogP contribution in [-0.2, 0) is 16.0 Å². The van der Waals surface area contributed by atoms with Crippen LogP contribution in [0.4, 0.5) is 4.39 Å². The summed E-state index contributed by atoms with van der Waals surface area (Å²) in [6.07, 6.45) is 0.235. The van der Waals surface area contributed by atoms with Crippen molar-refractivity contribution in [3.05, 3.63) is 34.4 Å². The number of hydrogen-bond donors (Lipinski definition) is 2. The first-order valence-electron chi connectivity index (χ1n) is 7.05. The van der Waals surface area contributed by atoms with Gasteiger partial charge in [-0.3, -0.25) is 9.59 Å². The van der Waals surface area contributed by atoms with E-state index < -0.39 is 12.7 Å². The number of amides is 2. The van der Waals surface area contributed by atoms with Gasteiger partial charge in [0.25, 0.3) is 0 Å². The summed E-state index contributed by atoms with van der Waals surface area (Å²) in [4.78, 5) is 23.6. The minimum atomic E-state index is -0.671. The van der Waals surface area contributed by atoms with Gasteiger partial charge in [0.15, 0.2) is 0 Å². The molecular formula is C16H23FN2O2. The number of rotatable bonds is 6. The Kier molecular flexibility index (Phi) is 6.34. The van der Waals surface area contributed by atoms with Gasteiger partial charge in [-0.2, -0.15) is 0 Å². The molecule has 2 amide bonds. The predicted molar refractivity (Wildman–Crippen MR) is 80.9 cm³/mol. The molecule has 0 heterocycles. The molecule has 0 unspecified atom stereocenters. The first kappa shape index (κ1) is 17.1. The number of carbonyl (C=O) groups excluding carboxylic acids is 2. The Labute approximate surface area is 125 Å². The van der Waals surface area contributed by atoms with E-state index >= 15 is 0 Å². The van der Waals surface area contributed by atoms with E-state index in [1.165, 1.54) is 0 Å². The Morgan fingerprint density at radius 2 is 1.76 bits per heavy atom. The topological polar surface area (TPSA) is 58.2 Å². The van der Waals surface area contributed by atoms with Gasteiger partial charge in [0.05, 0.1) is 6.42 Å². The molecule has 0 saturated heterocycles. The van der Waals surface area contributed by atoms with E-state index in [9.17, 15) is 14.0 Å². The summed E-state index contributed by atoms with van der Waals surface area (Å²) in [5.74, 6) is -0.591. The summed E-state index contributed by atoms with van der Waals surface area (Å²) in [6.45, 7) is 6.89. The first-order chi connectivity index (χ1) is 9.85. The van der Waals surface area contributed by atoms with Crippen LogP contribution in [0.15, 0.2) is 12.1 Å². The predicted octanol–water partition coefficient (Wildman–Crippen LogP) is 1.74. The average molecular weight is 294 g/mol. The van der Waals surface area contributed by atoms with Crippen molar-refractivity contribution in [1.29, 1.82) is 0 Å². The van der Waals surface area contributed by atoms with E-state index in [2.05, 4.69) is 10.6 Å². The molecule has 0 aliphatic rings. The van der Waals surface area contributed by atoms with Crippen molar-refractivity contribution in [2.75, 3.05) is 13.2 Å². The third-order valence-corrected chi connectivity index (χ3v) is 3.34. The Morgan fingerprint density at radius 1 is 1.19 bits per heavy atom. The van der Waals surface area contributed by atoms with Crippen LogP contribution in [0, 0.1) is 20.8 Å². The molecule has 0 bridgehead atoms. The lowest BCUT2D eigenvalue weighted by Gasteiger charge is -2.15. The molecule has 0 saturated carbocycles. The molecule has 21 heavy (non-hydrogen) atoms. The molecule has 1 aromatic carbocycles. The number of benzene rings is 1. The fraction of sp³-hybridized carbons (Fsp3) is 0.500. The smallest absolute Gasteiger partial charge is 0.242 e. The number of alkyl halides is 1. The fourth-order valence-electron chi connectivity index (χ4n) is 2.33. The fourth-order valence-corrected chi connectivity index (χ4v) is 2.33. The second-order valence-electron chi connectivity index (χ2n) is 5.32. The maximum Gasteiger partial charge on any atom is 0.242 e. The molecule has 0 aliphatic carbocycles. The van der Waals surface area contributed by atoms with E-state index in [0.29, 0.717) is 0 Å². The third-order valence-electron chi connectivity index (χ3n) is 3.34. The monoisotopic (exact) mass is 294 g/mol. The molecule has 5 heteroatoms. The van der Waals surface area contributed by atoms with E-state index in [1.54, 1.807) is 6.92 Å². The molecule has 116 valence electrons. The minimum absolute atomic E-state index is 0.0325. The number of nitrogens with one attached hydrogen (secondary N) is 2. The van der Waals surface area contributed by atoms with Crippen LogP contribution in [0.1, 0.15) is 29.2 Å². The maximum atomic E-state index is 12.0. The summed E-state index contributed by atoms with van der Waals surface area (Å²) < 4.78 is 12.0. The molecule has 2 N–H and O–H groups in total. The number of hydrogen-bond acceptors (Lipinski definition) is 2. The highest BCUT2D eigenvalue weighted by Crippen LogP contribution is 2.16. The van der Waals surface area contributed by atoms with Gasteiger partial charge in [-0.15, -0.1) is 0 Å².